The third-order valence-corrected chi connectivity index (χ3v) is 6.70. The number of hydrogen-bond acceptors (Lipinski definition) is 12. The summed E-state index contributed by atoms with van der Waals surface area (Å²) in [6.45, 7) is 0. The van der Waals surface area contributed by atoms with Gasteiger partial charge in [0, 0.05) is 28.7 Å². The number of esters is 1. The van der Waals surface area contributed by atoms with Crippen molar-refractivity contribution in [2.75, 3.05) is 14.2 Å². The molecule has 0 fully saturated rings. The first-order chi connectivity index (χ1) is 19.5. The Kier molecular flexibility index (Phi) is 6.67. The molecule has 0 saturated heterocycles. The van der Waals surface area contributed by atoms with E-state index in [1.807, 2.05) is 0 Å². The number of phenolic OH excluding ortho intramolecular Hbond substituents is 4. The Bertz CT molecular complexity index is 1970. The van der Waals surface area contributed by atoms with E-state index in [9.17, 15) is 39.9 Å². The second kappa shape index (κ2) is 10.2. The molecule has 0 unspecified atom stereocenters. The lowest BCUT2D eigenvalue weighted by Gasteiger charge is -2.20. The minimum absolute atomic E-state index is 0.0487. The van der Waals surface area contributed by atoms with Crippen LogP contribution in [0.4, 0.5) is 0 Å². The average molecular weight is 562 g/mol. The molecular formula is C29H22O12. The van der Waals surface area contributed by atoms with Crippen molar-refractivity contribution in [3.8, 4) is 45.8 Å². The van der Waals surface area contributed by atoms with Crippen LogP contribution in [0.3, 0.4) is 0 Å². The Hall–Kier alpha value is -5.65. The molecule has 5 rings (SSSR count). The Balaban J connectivity index is 1.87. The zero-order valence-electron chi connectivity index (χ0n) is 21.5. The molecule has 0 amide bonds. The van der Waals surface area contributed by atoms with E-state index in [1.54, 1.807) is 6.07 Å². The number of carbonyl (C=O) groups is 1. The van der Waals surface area contributed by atoms with E-state index in [0.717, 1.165) is 31.6 Å². The summed E-state index contributed by atoms with van der Waals surface area (Å²) in [5, 5.41) is 51.5. The fourth-order valence-corrected chi connectivity index (χ4v) is 4.65. The molecule has 0 radical (unpaired) electrons. The molecule has 2 heterocycles. The molecule has 0 spiro atoms. The number of carbonyl (C=O) groups excluding carboxylic acids is 1. The molecule has 5 aromatic rings. The summed E-state index contributed by atoms with van der Waals surface area (Å²) in [4.78, 5) is 39.5. The smallest absolute Gasteiger partial charge is 0.306 e. The molecule has 0 aliphatic heterocycles. The maximum Gasteiger partial charge on any atom is 0.306 e. The number of aromatic hydroxyl groups is 5. The first-order valence-corrected chi connectivity index (χ1v) is 12.0. The van der Waals surface area contributed by atoms with Gasteiger partial charge in [0.2, 0.25) is 11.2 Å². The first kappa shape index (κ1) is 26.9. The fourth-order valence-electron chi connectivity index (χ4n) is 4.65. The topological polar surface area (TPSA) is 197 Å². The monoisotopic (exact) mass is 562 g/mol. The lowest BCUT2D eigenvalue weighted by atomic mass is 9.86. The molecule has 210 valence electrons. The Morgan fingerprint density at radius 1 is 0.878 bits per heavy atom. The van der Waals surface area contributed by atoms with Crippen LogP contribution in [0.5, 0.6) is 34.5 Å². The van der Waals surface area contributed by atoms with Gasteiger partial charge >= 0.3 is 5.97 Å². The van der Waals surface area contributed by atoms with Gasteiger partial charge in [-0.1, -0.05) is 0 Å². The van der Waals surface area contributed by atoms with Crippen molar-refractivity contribution >= 4 is 27.9 Å². The number of hydrogen-bond donors (Lipinski definition) is 5. The Morgan fingerprint density at radius 3 is 2.32 bits per heavy atom. The summed E-state index contributed by atoms with van der Waals surface area (Å²) in [7, 11) is 2.53. The largest absolute Gasteiger partial charge is 0.507 e. The minimum atomic E-state index is -1.34. The molecule has 3 aromatic carbocycles. The van der Waals surface area contributed by atoms with Crippen LogP contribution in [0.1, 0.15) is 23.5 Å². The van der Waals surface area contributed by atoms with E-state index < -0.39 is 74.6 Å². The van der Waals surface area contributed by atoms with Gasteiger partial charge in [0.05, 0.1) is 32.3 Å². The fraction of sp³-hybridized carbons (Fsp3) is 0.138. The van der Waals surface area contributed by atoms with E-state index in [4.69, 9.17) is 18.3 Å². The maximum atomic E-state index is 13.7. The number of fused-ring (bicyclic) bond motifs is 2. The predicted molar refractivity (Wildman–Crippen MR) is 144 cm³/mol. The van der Waals surface area contributed by atoms with Crippen LogP contribution in [0.2, 0.25) is 0 Å². The van der Waals surface area contributed by atoms with Gasteiger partial charge < -0.3 is 43.8 Å². The minimum Gasteiger partial charge on any atom is -0.507 e. The van der Waals surface area contributed by atoms with Gasteiger partial charge in [-0.2, -0.15) is 0 Å². The number of rotatable bonds is 6. The zero-order chi connectivity index (χ0) is 29.6. The van der Waals surface area contributed by atoms with Crippen LogP contribution in [-0.2, 0) is 9.53 Å². The summed E-state index contributed by atoms with van der Waals surface area (Å²) in [5.74, 6) is -5.70. The van der Waals surface area contributed by atoms with Gasteiger partial charge in [-0.05, 0) is 36.4 Å². The van der Waals surface area contributed by atoms with Crippen molar-refractivity contribution in [3.63, 3.8) is 0 Å². The van der Waals surface area contributed by atoms with Gasteiger partial charge in [0.15, 0.2) is 22.7 Å². The molecule has 0 saturated carbocycles. The Morgan fingerprint density at radius 2 is 1.63 bits per heavy atom. The van der Waals surface area contributed by atoms with E-state index in [1.165, 1.54) is 25.3 Å². The molecule has 2 aromatic heterocycles. The number of benzene rings is 3. The first-order valence-electron chi connectivity index (χ1n) is 12.0. The second-order valence-corrected chi connectivity index (χ2v) is 9.06. The molecule has 0 aliphatic rings. The summed E-state index contributed by atoms with van der Waals surface area (Å²) in [6, 6.07) is 8.68. The number of phenols is 4. The molecule has 5 N–H and O–H groups in total. The van der Waals surface area contributed by atoms with Crippen LogP contribution in [0, 0.1) is 0 Å². The van der Waals surface area contributed by atoms with E-state index >= 15 is 0 Å². The average Bonchev–Trinajstić information content (AvgIpc) is 2.95. The van der Waals surface area contributed by atoms with Crippen molar-refractivity contribution < 1.29 is 48.6 Å². The molecule has 0 bridgehead atoms. The maximum absolute atomic E-state index is 13.7. The molecule has 12 heteroatoms. The highest BCUT2D eigenvalue weighted by Crippen LogP contribution is 2.44. The lowest BCUT2D eigenvalue weighted by Crippen LogP contribution is -2.19. The van der Waals surface area contributed by atoms with Gasteiger partial charge in [-0.15, -0.1) is 0 Å². The summed E-state index contributed by atoms with van der Waals surface area (Å²) in [6.07, 6.45) is 0.560. The normalized spacial score (nSPS) is 12.0. The lowest BCUT2D eigenvalue weighted by molar-refractivity contribution is -0.140. The van der Waals surface area contributed by atoms with Gasteiger partial charge in [0.1, 0.15) is 33.8 Å². The van der Waals surface area contributed by atoms with Gasteiger partial charge in [-0.3, -0.25) is 14.4 Å². The third kappa shape index (κ3) is 4.50. The molecular weight excluding hydrogens is 540 g/mol. The second-order valence-electron chi connectivity index (χ2n) is 9.06. The highest BCUT2D eigenvalue weighted by Gasteiger charge is 2.32. The zero-order valence-corrected chi connectivity index (χ0v) is 21.5. The summed E-state index contributed by atoms with van der Waals surface area (Å²) < 4.78 is 21.5. The molecule has 1 atom stereocenters. The van der Waals surface area contributed by atoms with E-state index in [-0.39, 0.29) is 27.7 Å². The molecule has 41 heavy (non-hydrogen) atoms. The van der Waals surface area contributed by atoms with Crippen molar-refractivity contribution in [3.05, 3.63) is 80.3 Å². The predicted octanol–water partition coefficient (Wildman–Crippen LogP) is 3.80. The van der Waals surface area contributed by atoms with Crippen LogP contribution >= 0.6 is 0 Å². The SMILES string of the molecule is COC(=O)C[C@H](c1coc2ccc(OC)cc2c1=O)c1c(O)cc(O)c2c(=O)c(O)c(-c3ccc(O)c(O)c3)oc12. The van der Waals surface area contributed by atoms with Crippen molar-refractivity contribution in [2.45, 2.75) is 12.3 Å². The number of methoxy groups -OCH3 is 2. The highest BCUT2D eigenvalue weighted by atomic mass is 16.5. The van der Waals surface area contributed by atoms with Crippen molar-refractivity contribution in [2.24, 2.45) is 0 Å². The van der Waals surface area contributed by atoms with Crippen LogP contribution in [-0.4, -0.2) is 45.7 Å². The van der Waals surface area contributed by atoms with Crippen LogP contribution in [0.15, 0.2) is 67.2 Å². The standard InChI is InChI=1S/C29H22O12/c1-38-13-4-6-21-15(8-13)25(35)16(11-40-21)14(9-22(34)39-2)23-19(32)10-20(33)24-26(36)27(37)28(41-29(23)24)12-3-5-17(30)18(31)7-12/h3-8,10-11,14,30-33,37H,9H2,1-2H3/t14-/m1/s1. The van der Waals surface area contributed by atoms with Crippen molar-refractivity contribution in [1.82, 2.24) is 0 Å². The van der Waals surface area contributed by atoms with E-state index in [2.05, 4.69) is 0 Å². The van der Waals surface area contributed by atoms with Gasteiger partial charge in [0.25, 0.3) is 0 Å². The van der Waals surface area contributed by atoms with Crippen LogP contribution in [0.25, 0.3) is 33.3 Å². The summed E-state index contributed by atoms with van der Waals surface area (Å²) >= 11 is 0. The Labute approximate surface area is 229 Å². The third-order valence-electron chi connectivity index (χ3n) is 6.70. The molecule has 0 aliphatic carbocycles. The van der Waals surface area contributed by atoms with E-state index in [0.29, 0.717) is 5.75 Å². The van der Waals surface area contributed by atoms with Crippen molar-refractivity contribution in [1.29, 1.82) is 0 Å². The molecule has 12 nitrogen and oxygen atoms in total. The highest BCUT2D eigenvalue weighted by molar-refractivity contribution is 5.92. The van der Waals surface area contributed by atoms with Crippen LogP contribution < -0.4 is 15.6 Å². The van der Waals surface area contributed by atoms with Gasteiger partial charge in [-0.25, -0.2) is 0 Å². The summed E-state index contributed by atoms with van der Waals surface area (Å²) in [5.41, 5.74) is -2.40. The quantitative estimate of drug-likeness (QED) is 0.148. The number of ether oxygens (including phenoxy) is 2.